The number of ether oxygens (including phenoxy) is 1. The van der Waals surface area contributed by atoms with Gasteiger partial charge in [-0.25, -0.2) is 4.79 Å². The number of alkyl halides is 3. The van der Waals surface area contributed by atoms with Crippen molar-refractivity contribution in [1.29, 1.82) is 0 Å². The summed E-state index contributed by atoms with van der Waals surface area (Å²) in [5, 5.41) is 8.97. The van der Waals surface area contributed by atoms with Crippen molar-refractivity contribution in [2.45, 2.75) is 39.0 Å². The molecule has 1 N–H and O–H groups in total. The van der Waals surface area contributed by atoms with Crippen LogP contribution in [0, 0.1) is 0 Å². The molecular weight excluding hydrogens is 285 g/mol. The molecular formula is C15H17F3O3. The molecule has 1 aromatic rings. The summed E-state index contributed by atoms with van der Waals surface area (Å²) in [5.74, 6) is -1.17. The van der Waals surface area contributed by atoms with Gasteiger partial charge in [-0.2, -0.15) is 13.2 Å². The Hall–Kier alpha value is -1.98. The molecule has 0 aliphatic heterocycles. The van der Waals surface area contributed by atoms with Gasteiger partial charge in [0.25, 0.3) is 0 Å². The zero-order chi connectivity index (χ0) is 16.2. The molecule has 0 spiro atoms. The molecule has 0 aliphatic rings. The van der Waals surface area contributed by atoms with Gasteiger partial charge in [-0.15, -0.1) is 0 Å². The van der Waals surface area contributed by atoms with Gasteiger partial charge >= 0.3 is 12.1 Å². The van der Waals surface area contributed by atoms with E-state index in [-0.39, 0.29) is 11.3 Å². The highest BCUT2D eigenvalue weighted by atomic mass is 19.4. The number of hydrogen-bond acceptors (Lipinski definition) is 2. The molecule has 0 saturated heterocycles. The monoisotopic (exact) mass is 302 g/mol. The van der Waals surface area contributed by atoms with Gasteiger partial charge < -0.3 is 9.84 Å². The first-order valence-corrected chi connectivity index (χ1v) is 6.45. The average Bonchev–Trinajstić information content (AvgIpc) is 2.37. The molecule has 6 heteroatoms. The molecule has 0 radical (unpaired) electrons. The van der Waals surface area contributed by atoms with E-state index in [0.717, 1.165) is 13.3 Å². The Kier molecular flexibility index (Phi) is 5.41. The molecule has 1 rings (SSSR count). The Balaban J connectivity index is 3.18. The third-order valence-corrected chi connectivity index (χ3v) is 2.92. The van der Waals surface area contributed by atoms with Gasteiger partial charge in [-0.3, -0.25) is 0 Å². The summed E-state index contributed by atoms with van der Waals surface area (Å²) in [4.78, 5) is 11.0. The lowest BCUT2D eigenvalue weighted by molar-refractivity contribution is -0.189. The average molecular weight is 302 g/mol. The highest BCUT2D eigenvalue weighted by molar-refractivity contribution is 5.89. The summed E-state index contributed by atoms with van der Waals surface area (Å²) in [7, 11) is 0. The van der Waals surface area contributed by atoms with Gasteiger partial charge in [0.15, 0.2) is 6.10 Å². The first-order chi connectivity index (χ1) is 9.66. The summed E-state index contributed by atoms with van der Waals surface area (Å²) in [5.41, 5.74) is 0.826. The van der Waals surface area contributed by atoms with Crippen LogP contribution in [0.3, 0.4) is 0 Å². The molecule has 3 nitrogen and oxygen atoms in total. The topological polar surface area (TPSA) is 46.5 Å². The largest absolute Gasteiger partial charge is 0.481 e. The number of carboxylic acid groups (broad SMARTS) is 1. The zero-order valence-electron chi connectivity index (χ0n) is 11.8. The Bertz CT molecular complexity index is 535. The van der Waals surface area contributed by atoms with Crippen LogP contribution in [-0.2, 0) is 0 Å². The van der Waals surface area contributed by atoms with E-state index in [0.29, 0.717) is 17.6 Å². The highest BCUT2D eigenvalue weighted by Crippen LogP contribution is 2.32. The third kappa shape index (κ3) is 4.51. The van der Waals surface area contributed by atoms with Crippen molar-refractivity contribution >= 4 is 11.5 Å². The smallest absolute Gasteiger partial charge is 0.425 e. The lowest BCUT2D eigenvalue weighted by atomic mass is 9.99. The van der Waals surface area contributed by atoms with E-state index in [2.05, 4.69) is 6.58 Å². The number of carbonyl (C=O) groups is 1. The molecule has 0 fully saturated rings. The quantitative estimate of drug-likeness (QED) is 0.840. The van der Waals surface area contributed by atoms with Crippen molar-refractivity contribution in [2.75, 3.05) is 0 Å². The van der Waals surface area contributed by atoms with Crippen LogP contribution < -0.4 is 4.74 Å². The van der Waals surface area contributed by atoms with E-state index in [1.165, 1.54) is 18.2 Å². The van der Waals surface area contributed by atoms with Crippen LogP contribution >= 0.6 is 0 Å². The Morgan fingerprint density at radius 2 is 2.05 bits per heavy atom. The standard InChI is InChI=1S/C15H17F3O3/c1-4-5-9(2)12-8-11(14(19)20)6-7-13(12)21-10(3)15(16,17)18/h6-8,10H,2,4-5H2,1,3H3,(H,19,20). The van der Waals surface area contributed by atoms with Crippen LogP contribution in [-0.4, -0.2) is 23.4 Å². The van der Waals surface area contributed by atoms with Gasteiger partial charge in [0.1, 0.15) is 5.75 Å². The number of hydrogen-bond donors (Lipinski definition) is 1. The minimum absolute atomic E-state index is 0.0109. The number of aromatic carboxylic acids is 1. The first-order valence-electron chi connectivity index (χ1n) is 6.45. The number of halogens is 3. The van der Waals surface area contributed by atoms with E-state index < -0.39 is 18.2 Å². The van der Waals surface area contributed by atoms with Crippen molar-refractivity contribution in [3.63, 3.8) is 0 Å². The second-order valence-corrected chi connectivity index (χ2v) is 4.67. The number of rotatable bonds is 6. The van der Waals surface area contributed by atoms with Crippen molar-refractivity contribution in [3.05, 3.63) is 35.9 Å². The van der Waals surface area contributed by atoms with Crippen molar-refractivity contribution in [1.82, 2.24) is 0 Å². The second-order valence-electron chi connectivity index (χ2n) is 4.67. The molecule has 0 saturated carbocycles. The molecule has 0 heterocycles. The fourth-order valence-electron chi connectivity index (χ4n) is 1.74. The van der Waals surface area contributed by atoms with Crippen molar-refractivity contribution in [2.24, 2.45) is 0 Å². The number of allylic oxidation sites excluding steroid dienone is 1. The predicted octanol–water partition coefficient (Wildman–Crippen LogP) is 4.53. The summed E-state index contributed by atoms with van der Waals surface area (Å²) in [6, 6.07) is 3.74. The number of carboxylic acids is 1. The Morgan fingerprint density at radius 1 is 1.43 bits per heavy atom. The normalized spacial score (nSPS) is 12.8. The maximum atomic E-state index is 12.6. The van der Waals surface area contributed by atoms with Crippen LogP contribution in [0.1, 0.15) is 42.6 Å². The molecule has 0 amide bonds. The molecule has 0 aromatic heterocycles. The fraction of sp³-hybridized carbons (Fsp3) is 0.400. The van der Waals surface area contributed by atoms with Crippen LogP contribution in [0.4, 0.5) is 13.2 Å². The molecule has 1 aromatic carbocycles. The van der Waals surface area contributed by atoms with Gasteiger partial charge in [-0.1, -0.05) is 19.9 Å². The van der Waals surface area contributed by atoms with Gasteiger partial charge in [0, 0.05) is 5.56 Å². The van der Waals surface area contributed by atoms with Crippen molar-refractivity contribution < 1.29 is 27.8 Å². The van der Waals surface area contributed by atoms with Crippen LogP contribution in [0.5, 0.6) is 5.75 Å². The fourth-order valence-corrected chi connectivity index (χ4v) is 1.74. The van der Waals surface area contributed by atoms with E-state index in [1.54, 1.807) is 0 Å². The maximum Gasteiger partial charge on any atom is 0.425 e. The molecule has 116 valence electrons. The van der Waals surface area contributed by atoms with E-state index in [9.17, 15) is 18.0 Å². The second kappa shape index (κ2) is 6.65. The van der Waals surface area contributed by atoms with Gasteiger partial charge in [0.05, 0.1) is 5.56 Å². The summed E-state index contributed by atoms with van der Waals surface area (Å²) < 4.78 is 42.7. The summed E-state index contributed by atoms with van der Waals surface area (Å²) in [6.07, 6.45) is -5.19. The Morgan fingerprint density at radius 3 is 2.52 bits per heavy atom. The summed E-state index contributed by atoms with van der Waals surface area (Å²) in [6.45, 7) is 6.59. The minimum atomic E-state index is -4.49. The molecule has 0 aliphatic carbocycles. The lowest BCUT2D eigenvalue weighted by Gasteiger charge is -2.20. The number of benzene rings is 1. The van der Waals surface area contributed by atoms with Crippen LogP contribution in [0.15, 0.2) is 24.8 Å². The summed E-state index contributed by atoms with van der Waals surface area (Å²) >= 11 is 0. The maximum absolute atomic E-state index is 12.6. The minimum Gasteiger partial charge on any atom is -0.481 e. The molecule has 1 unspecified atom stereocenters. The lowest BCUT2D eigenvalue weighted by Crippen LogP contribution is -2.31. The van der Waals surface area contributed by atoms with E-state index in [1.807, 2.05) is 6.92 Å². The van der Waals surface area contributed by atoms with Crippen molar-refractivity contribution in [3.8, 4) is 5.75 Å². The predicted molar refractivity (Wildman–Crippen MR) is 73.5 cm³/mol. The van der Waals surface area contributed by atoms with E-state index >= 15 is 0 Å². The van der Waals surface area contributed by atoms with Gasteiger partial charge in [-0.05, 0) is 37.1 Å². The first kappa shape index (κ1) is 17.1. The molecule has 1 atom stereocenters. The zero-order valence-corrected chi connectivity index (χ0v) is 11.8. The van der Waals surface area contributed by atoms with Crippen LogP contribution in [0.25, 0.3) is 5.57 Å². The SMILES string of the molecule is C=C(CCC)c1cc(C(=O)O)ccc1OC(C)C(F)(F)F. The Labute approximate surface area is 121 Å². The van der Waals surface area contributed by atoms with E-state index in [4.69, 9.17) is 9.84 Å². The highest BCUT2D eigenvalue weighted by Gasteiger charge is 2.38. The third-order valence-electron chi connectivity index (χ3n) is 2.92. The molecule has 21 heavy (non-hydrogen) atoms. The van der Waals surface area contributed by atoms with Crippen LogP contribution in [0.2, 0.25) is 0 Å². The molecule has 0 bridgehead atoms. The van der Waals surface area contributed by atoms with Gasteiger partial charge in [0.2, 0.25) is 0 Å².